The highest BCUT2D eigenvalue weighted by molar-refractivity contribution is 7.90. The zero-order valence-electron chi connectivity index (χ0n) is 11.1. The molecule has 0 heterocycles. The molecule has 2 aromatic rings. The topological polar surface area (TPSA) is 89.6 Å². The van der Waals surface area contributed by atoms with Gasteiger partial charge in [-0.2, -0.15) is 0 Å². The number of nitro groups is 1. The fourth-order valence-electron chi connectivity index (χ4n) is 1.65. The Morgan fingerprint density at radius 1 is 1.14 bits per heavy atom. The summed E-state index contributed by atoms with van der Waals surface area (Å²) in [6, 6.07) is 12.2. The van der Waals surface area contributed by atoms with Crippen LogP contribution in [0.5, 0.6) is 0 Å². The van der Waals surface area contributed by atoms with Crippen LogP contribution in [0.4, 0.5) is 11.4 Å². The van der Waals surface area contributed by atoms with E-state index in [2.05, 4.69) is 4.99 Å². The summed E-state index contributed by atoms with van der Waals surface area (Å²) in [4.78, 5) is 14.6. The lowest BCUT2D eigenvalue weighted by Crippen LogP contribution is -1.95. The molecule has 0 radical (unpaired) electrons. The van der Waals surface area contributed by atoms with E-state index in [0.717, 1.165) is 6.26 Å². The van der Waals surface area contributed by atoms with Crippen LogP contribution in [0, 0.1) is 10.1 Å². The zero-order chi connectivity index (χ0) is 15.5. The number of nitro benzene ring substituents is 1. The van der Waals surface area contributed by atoms with Gasteiger partial charge in [0, 0.05) is 24.6 Å². The highest BCUT2D eigenvalue weighted by Crippen LogP contribution is 2.17. The minimum absolute atomic E-state index is 0.00799. The van der Waals surface area contributed by atoms with Crippen molar-refractivity contribution in [1.29, 1.82) is 0 Å². The van der Waals surface area contributed by atoms with Crippen LogP contribution >= 0.6 is 0 Å². The number of hydrogen-bond donors (Lipinski definition) is 0. The van der Waals surface area contributed by atoms with Crippen LogP contribution in [-0.4, -0.2) is 25.8 Å². The molecule has 0 N–H and O–H groups in total. The van der Waals surface area contributed by atoms with Crippen LogP contribution in [0.3, 0.4) is 0 Å². The molecule has 6 nitrogen and oxygen atoms in total. The molecule has 0 atom stereocenters. The van der Waals surface area contributed by atoms with Gasteiger partial charge in [-0.25, -0.2) is 8.42 Å². The minimum atomic E-state index is -3.23. The second kappa shape index (κ2) is 5.84. The molecule has 21 heavy (non-hydrogen) atoms. The van der Waals surface area contributed by atoms with Crippen LogP contribution in [0.15, 0.2) is 58.4 Å². The summed E-state index contributed by atoms with van der Waals surface area (Å²) in [5, 5.41) is 10.7. The van der Waals surface area contributed by atoms with Gasteiger partial charge in [-0.15, -0.1) is 0 Å². The van der Waals surface area contributed by atoms with E-state index in [-0.39, 0.29) is 10.6 Å². The number of aliphatic imine (C=N–C) groups is 1. The Bertz CT molecular complexity index is 796. The molecule has 0 bridgehead atoms. The standard InChI is InChI=1S/C14H12N2O4S/c1-21(19,20)14-7-5-12(6-8-14)15-10-11-3-2-4-13(9-11)16(17)18/h2-10H,1H3. The Balaban J connectivity index is 2.22. The molecular weight excluding hydrogens is 292 g/mol. The zero-order valence-corrected chi connectivity index (χ0v) is 11.9. The van der Waals surface area contributed by atoms with E-state index in [1.165, 1.54) is 30.5 Å². The van der Waals surface area contributed by atoms with Crippen LogP contribution in [-0.2, 0) is 9.84 Å². The summed E-state index contributed by atoms with van der Waals surface area (Å²) in [6.45, 7) is 0. The Morgan fingerprint density at radius 2 is 1.81 bits per heavy atom. The van der Waals surface area contributed by atoms with Crippen molar-refractivity contribution in [2.45, 2.75) is 4.90 Å². The summed E-state index contributed by atoms with van der Waals surface area (Å²) < 4.78 is 22.6. The van der Waals surface area contributed by atoms with Gasteiger partial charge in [0.05, 0.1) is 15.5 Å². The maximum Gasteiger partial charge on any atom is 0.270 e. The quantitative estimate of drug-likeness (QED) is 0.493. The van der Waals surface area contributed by atoms with Crippen molar-refractivity contribution in [3.05, 3.63) is 64.2 Å². The smallest absolute Gasteiger partial charge is 0.258 e. The molecule has 0 spiro atoms. The molecule has 0 amide bonds. The van der Waals surface area contributed by atoms with Crippen LogP contribution < -0.4 is 0 Å². The molecule has 0 fully saturated rings. The number of non-ortho nitro benzene ring substituents is 1. The molecule has 0 aliphatic carbocycles. The Kier molecular flexibility index (Phi) is 4.13. The van der Waals surface area contributed by atoms with E-state index in [1.807, 2.05) is 0 Å². The Hall–Kier alpha value is -2.54. The van der Waals surface area contributed by atoms with Gasteiger partial charge in [0.25, 0.3) is 5.69 Å². The molecule has 0 aliphatic rings. The van der Waals surface area contributed by atoms with Crippen LogP contribution in [0.2, 0.25) is 0 Å². The molecule has 0 saturated heterocycles. The summed E-state index contributed by atoms with van der Waals surface area (Å²) in [5.74, 6) is 0. The molecule has 0 aliphatic heterocycles. The van der Waals surface area contributed by atoms with E-state index in [0.29, 0.717) is 11.3 Å². The number of hydrogen-bond acceptors (Lipinski definition) is 5. The minimum Gasteiger partial charge on any atom is -0.258 e. The fourth-order valence-corrected chi connectivity index (χ4v) is 2.28. The maximum absolute atomic E-state index is 11.3. The van der Waals surface area contributed by atoms with Gasteiger partial charge in [-0.1, -0.05) is 12.1 Å². The van der Waals surface area contributed by atoms with Crippen LogP contribution in [0.1, 0.15) is 5.56 Å². The summed E-state index contributed by atoms with van der Waals surface area (Å²) in [5.41, 5.74) is 1.15. The van der Waals surface area contributed by atoms with E-state index < -0.39 is 14.8 Å². The average molecular weight is 304 g/mol. The van der Waals surface area contributed by atoms with Crippen molar-refractivity contribution in [2.24, 2.45) is 4.99 Å². The lowest BCUT2D eigenvalue weighted by molar-refractivity contribution is -0.384. The number of sulfone groups is 1. The molecule has 0 saturated carbocycles. The van der Waals surface area contributed by atoms with Crippen molar-refractivity contribution >= 4 is 27.4 Å². The first-order chi connectivity index (χ1) is 9.86. The van der Waals surface area contributed by atoms with Gasteiger partial charge >= 0.3 is 0 Å². The second-order valence-corrected chi connectivity index (χ2v) is 6.39. The number of nitrogens with zero attached hydrogens (tertiary/aromatic N) is 2. The molecule has 0 unspecified atom stereocenters. The van der Waals surface area contributed by atoms with E-state index >= 15 is 0 Å². The molecule has 2 aromatic carbocycles. The van der Waals surface area contributed by atoms with Gasteiger partial charge in [0.15, 0.2) is 9.84 Å². The predicted molar refractivity (Wildman–Crippen MR) is 79.9 cm³/mol. The largest absolute Gasteiger partial charge is 0.270 e. The van der Waals surface area contributed by atoms with E-state index in [4.69, 9.17) is 0 Å². The number of benzene rings is 2. The van der Waals surface area contributed by atoms with Gasteiger partial charge in [-0.3, -0.25) is 15.1 Å². The van der Waals surface area contributed by atoms with Gasteiger partial charge in [0.1, 0.15) is 0 Å². The Labute approximate surface area is 121 Å². The fraction of sp³-hybridized carbons (Fsp3) is 0.0714. The first kappa shape index (κ1) is 14.9. The average Bonchev–Trinajstić information content (AvgIpc) is 2.45. The third kappa shape index (κ3) is 3.96. The molecule has 0 aromatic heterocycles. The monoisotopic (exact) mass is 304 g/mol. The van der Waals surface area contributed by atoms with Gasteiger partial charge in [-0.05, 0) is 29.8 Å². The van der Waals surface area contributed by atoms with Crippen LogP contribution in [0.25, 0.3) is 0 Å². The van der Waals surface area contributed by atoms with Gasteiger partial charge in [0.2, 0.25) is 0 Å². The van der Waals surface area contributed by atoms with Crippen molar-refractivity contribution in [3.63, 3.8) is 0 Å². The highest BCUT2D eigenvalue weighted by Gasteiger charge is 2.06. The van der Waals surface area contributed by atoms with Crippen molar-refractivity contribution in [1.82, 2.24) is 0 Å². The molecule has 108 valence electrons. The third-order valence-electron chi connectivity index (χ3n) is 2.71. The second-order valence-electron chi connectivity index (χ2n) is 4.38. The summed E-state index contributed by atoms with van der Waals surface area (Å²) >= 11 is 0. The maximum atomic E-state index is 11.3. The normalized spacial score (nSPS) is 11.7. The SMILES string of the molecule is CS(=O)(=O)c1ccc(N=Cc2cccc([N+](=O)[O-])c2)cc1. The summed E-state index contributed by atoms with van der Waals surface area (Å²) in [6.07, 6.45) is 2.62. The first-order valence-electron chi connectivity index (χ1n) is 5.95. The lowest BCUT2D eigenvalue weighted by atomic mass is 10.2. The van der Waals surface area contributed by atoms with Crippen molar-refractivity contribution in [3.8, 4) is 0 Å². The summed E-state index contributed by atoms with van der Waals surface area (Å²) in [7, 11) is -3.23. The first-order valence-corrected chi connectivity index (χ1v) is 7.84. The van der Waals surface area contributed by atoms with E-state index in [1.54, 1.807) is 24.3 Å². The lowest BCUT2D eigenvalue weighted by Gasteiger charge is -1.98. The molecular formula is C14H12N2O4S. The van der Waals surface area contributed by atoms with Gasteiger partial charge < -0.3 is 0 Å². The predicted octanol–water partition coefficient (Wildman–Crippen LogP) is 2.75. The molecule has 7 heteroatoms. The van der Waals surface area contributed by atoms with Crippen molar-refractivity contribution in [2.75, 3.05) is 6.26 Å². The third-order valence-corrected chi connectivity index (χ3v) is 3.84. The van der Waals surface area contributed by atoms with Crippen molar-refractivity contribution < 1.29 is 13.3 Å². The highest BCUT2D eigenvalue weighted by atomic mass is 32.2. The molecule has 2 rings (SSSR count). The Morgan fingerprint density at radius 3 is 2.38 bits per heavy atom. The number of rotatable bonds is 4. The van der Waals surface area contributed by atoms with E-state index in [9.17, 15) is 18.5 Å².